The van der Waals surface area contributed by atoms with Crippen LogP contribution in [0.1, 0.15) is 26.3 Å². The number of sulfonamides is 1. The smallest absolute Gasteiger partial charge is 0.250 e. The third-order valence-electron chi connectivity index (χ3n) is 4.36. The fourth-order valence-corrected chi connectivity index (χ4v) is 4.27. The number of benzene rings is 2. The van der Waals surface area contributed by atoms with Crippen molar-refractivity contribution in [2.45, 2.75) is 25.7 Å². The minimum Gasteiger partial charge on any atom is -0.309 e. The number of hydrogen-bond acceptors (Lipinski definition) is 3. The van der Waals surface area contributed by atoms with Gasteiger partial charge in [-0.15, -0.1) is 0 Å². The maximum atomic E-state index is 13.1. The predicted molar refractivity (Wildman–Crippen MR) is 110 cm³/mol. The molecule has 0 fully saturated rings. The minimum absolute atomic E-state index is 0.223. The van der Waals surface area contributed by atoms with Gasteiger partial charge >= 0.3 is 0 Å². The molecule has 28 heavy (non-hydrogen) atoms. The van der Waals surface area contributed by atoms with Crippen LogP contribution in [0, 0.1) is 5.82 Å². The second-order valence-corrected chi connectivity index (χ2v) is 7.99. The van der Waals surface area contributed by atoms with Gasteiger partial charge in [0.25, 0.3) is 5.91 Å². The van der Waals surface area contributed by atoms with E-state index >= 15 is 0 Å². The summed E-state index contributed by atoms with van der Waals surface area (Å²) in [5.74, 6) is -0.600. The van der Waals surface area contributed by atoms with E-state index in [1.807, 2.05) is 6.92 Å². The van der Waals surface area contributed by atoms with E-state index in [1.54, 1.807) is 44.2 Å². The van der Waals surface area contributed by atoms with Crippen LogP contribution in [0.4, 0.5) is 10.1 Å². The quantitative estimate of drug-likeness (QED) is 0.627. The zero-order valence-electron chi connectivity index (χ0n) is 16.3. The molecule has 0 aromatic heterocycles. The Morgan fingerprint density at radius 2 is 1.50 bits per heavy atom. The van der Waals surface area contributed by atoms with Gasteiger partial charge in [0, 0.05) is 31.4 Å². The number of amides is 1. The molecule has 2 aromatic carbocycles. The Labute approximate surface area is 166 Å². The van der Waals surface area contributed by atoms with Crippen molar-refractivity contribution in [2.24, 2.45) is 0 Å². The fourth-order valence-electron chi connectivity index (χ4n) is 2.81. The van der Waals surface area contributed by atoms with Gasteiger partial charge in [-0.25, -0.2) is 12.8 Å². The van der Waals surface area contributed by atoms with Gasteiger partial charge in [-0.3, -0.25) is 4.79 Å². The third kappa shape index (κ3) is 5.05. The lowest BCUT2D eigenvalue weighted by molar-refractivity contribution is -0.114. The summed E-state index contributed by atoms with van der Waals surface area (Å²) in [6, 6.07) is 12.1. The number of carbonyl (C=O) groups excluding carboxylic acids is 1. The van der Waals surface area contributed by atoms with Crippen molar-refractivity contribution in [3.63, 3.8) is 0 Å². The van der Waals surface area contributed by atoms with Crippen LogP contribution >= 0.6 is 0 Å². The standard InChI is InChI=1S/C21H25FN2O3S/c1-4-23(5-2)28(26,27)20-14-7-17(8-15-20)9-16-21(25)24(6-3)19-12-10-18(22)11-13-19/h7-16H,4-6H2,1-3H3/b16-9+. The number of carbonyl (C=O) groups is 1. The Bertz CT molecular complexity index is 919. The van der Waals surface area contributed by atoms with E-state index in [2.05, 4.69) is 0 Å². The lowest BCUT2D eigenvalue weighted by Gasteiger charge is -2.19. The molecule has 0 radical (unpaired) electrons. The molecule has 0 aliphatic carbocycles. The highest BCUT2D eigenvalue weighted by atomic mass is 32.2. The number of hydrogen-bond donors (Lipinski definition) is 0. The summed E-state index contributed by atoms with van der Waals surface area (Å²) in [5, 5.41) is 0. The lowest BCUT2D eigenvalue weighted by atomic mass is 10.2. The zero-order valence-corrected chi connectivity index (χ0v) is 17.1. The number of halogens is 1. The molecule has 0 unspecified atom stereocenters. The first kappa shape index (κ1) is 21.8. The van der Waals surface area contributed by atoms with Gasteiger partial charge in [-0.1, -0.05) is 26.0 Å². The van der Waals surface area contributed by atoms with E-state index in [0.717, 1.165) is 0 Å². The van der Waals surface area contributed by atoms with Crippen molar-refractivity contribution in [2.75, 3.05) is 24.5 Å². The molecule has 0 heterocycles. The molecule has 0 spiro atoms. The van der Waals surface area contributed by atoms with E-state index in [-0.39, 0.29) is 16.6 Å². The summed E-state index contributed by atoms with van der Waals surface area (Å²) in [4.78, 5) is 14.2. The van der Waals surface area contributed by atoms with E-state index < -0.39 is 10.0 Å². The summed E-state index contributed by atoms with van der Waals surface area (Å²) in [7, 11) is -3.50. The summed E-state index contributed by atoms with van der Waals surface area (Å²) < 4.78 is 39.5. The zero-order chi connectivity index (χ0) is 20.7. The topological polar surface area (TPSA) is 57.7 Å². The largest absolute Gasteiger partial charge is 0.309 e. The molecule has 0 N–H and O–H groups in total. The van der Waals surface area contributed by atoms with E-state index in [0.29, 0.717) is 30.9 Å². The van der Waals surface area contributed by atoms with E-state index in [1.165, 1.54) is 39.5 Å². The second-order valence-electron chi connectivity index (χ2n) is 6.05. The SMILES string of the molecule is CCN(C(=O)/C=C/c1ccc(S(=O)(=O)N(CC)CC)cc1)c1ccc(F)cc1. The van der Waals surface area contributed by atoms with Crippen LogP contribution in [-0.4, -0.2) is 38.3 Å². The minimum atomic E-state index is -3.50. The van der Waals surface area contributed by atoms with Crippen molar-refractivity contribution < 1.29 is 17.6 Å². The van der Waals surface area contributed by atoms with Gasteiger partial charge in [0.15, 0.2) is 0 Å². The molecule has 150 valence electrons. The van der Waals surface area contributed by atoms with Crippen LogP contribution in [0.5, 0.6) is 0 Å². The highest BCUT2D eigenvalue weighted by Gasteiger charge is 2.21. The van der Waals surface area contributed by atoms with Crippen LogP contribution in [0.3, 0.4) is 0 Å². The monoisotopic (exact) mass is 404 g/mol. The maximum absolute atomic E-state index is 13.1. The molecule has 2 rings (SSSR count). The molecule has 0 aliphatic heterocycles. The van der Waals surface area contributed by atoms with E-state index in [9.17, 15) is 17.6 Å². The number of rotatable bonds is 8. The highest BCUT2D eigenvalue weighted by Crippen LogP contribution is 2.18. The molecular weight excluding hydrogens is 379 g/mol. The average Bonchev–Trinajstić information content (AvgIpc) is 2.69. The summed E-state index contributed by atoms with van der Waals surface area (Å²) in [6.45, 7) is 6.68. The number of likely N-dealkylation sites (N-methyl/N-ethyl adjacent to an activating group) is 1. The molecular formula is C21H25FN2O3S. The molecule has 0 saturated carbocycles. The Kier molecular flexibility index (Phi) is 7.48. The van der Waals surface area contributed by atoms with Crippen molar-refractivity contribution >= 4 is 27.7 Å². The van der Waals surface area contributed by atoms with Gasteiger partial charge in [-0.2, -0.15) is 4.31 Å². The van der Waals surface area contributed by atoms with Gasteiger partial charge in [0.2, 0.25) is 10.0 Å². The number of nitrogens with zero attached hydrogens (tertiary/aromatic N) is 2. The third-order valence-corrected chi connectivity index (χ3v) is 6.43. The van der Waals surface area contributed by atoms with Gasteiger partial charge in [-0.05, 0) is 55.0 Å². The Hall–Kier alpha value is -2.51. The van der Waals surface area contributed by atoms with Crippen molar-refractivity contribution in [3.8, 4) is 0 Å². The first-order chi connectivity index (χ1) is 13.3. The summed E-state index contributed by atoms with van der Waals surface area (Å²) in [6.07, 6.45) is 3.04. The van der Waals surface area contributed by atoms with Gasteiger partial charge in [0.05, 0.1) is 4.90 Å². The second kappa shape index (κ2) is 9.61. The van der Waals surface area contributed by atoms with Crippen LogP contribution in [0.25, 0.3) is 6.08 Å². The molecule has 5 nitrogen and oxygen atoms in total. The normalized spacial score (nSPS) is 11.9. The van der Waals surface area contributed by atoms with E-state index in [4.69, 9.17) is 0 Å². The molecule has 1 amide bonds. The maximum Gasteiger partial charge on any atom is 0.250 e. The summed E-state index contributed by atoms with van der Waals surface area (Å²) in [5.41, 5.74) is 1.32. The number of anilines is 1. The predicted octanol–water partition coefficient (Wildman–Crippen LogP) is 3.92. The average molecular weight is 405 g/mol. The molecule has 0 bridgehead atoms. The van der Waals surface area contributed by atoms with Crippen LogP contribution in [0.15, 0.2) is 59.5 Å². The molecule has 7 heteroatoms. The fraction of sp³-hybridized carbons (Fsp3) is 0.286. The molecule has 0 saturated heterocycles. The summed E-state index contributed by atoms with van der Waals surface area (Å²) >= 11 is 0. The van der Waals surface area contributed by atoms with Gasteiger partial charge in [0.1, 0.15) is 5.82 Å². The van der Waals surface area contributed by atoms with Crippen molar-refractivity contribution in [1.29, 1.82) is 0 Å². The van der Waals surface area contributed by atoms with Crippen molar-refractivity contribution in [3.05, 3.63) is 66.0 Å². The Balaban J connectivity index is 2.15. The Morgan fingerprint density at radius 3 is 2.00 bits per heavy atom. The highest BCUT2D eigenvalue weighted by molar-refractivity contribution is 7.89. The van der Waals surface area contributed by atoms with Crippen LogP contribution < -0.4 is 4.90 Å². The van der Waals surface area contributed by atoms with Crippen molar-refractivity contribution in [1.82, 2.24) is 4.31 Å². The lowest BCUT2D eigenvalue weighted by Crippen LogP contribution is -2.30. The van der Waals surface area contributed by atoms with Crippen LogP contribution in [0.2, 0.25) is 0 Å². The molecule has 0 aliphatic rings. The first-order valence-corrected chi connectivity index (χ1v) is 10.6. The van der Waals surface area contributed by atoms with Gasteiger partial charge < -0.3 is 4.90 Å². The first-order valence-electron chi connectivity index (χ1n) is 9.18. The molecule has 0 atom stereocenters. The Morgan fingerprint density at radius 1 is 0.929 bits per heavy atom. The van der Waals surface area contributed by atoms with Crippen LogP contribution in [-0.2, 0) is 14.8 Å². The molecule has 2 aromatic rings.